The molecule has 3 heteroatoms. The van der Waals surface area contributed by atoms with Crippen LogP contribution in [0.15, 0.2) is 164 Å². The molecule has 0 amide bonds. The quantitative estimate of drug-likeness (QED) is 0.191. The first-order valence-electron chi connectivity index (χ1n) is 16.8. The second kappa shape index (κ2) is 11.5. The highest BCUT2D eigenvalue weighted by Crippen LogP contribution is 2.54. The molecule has 1 aromatic heterocycles. The molecule has 9 rings (SSSR count). The Kier molecular flexibility index (Phi) is 6.80. The van der Waals surface area contributed by atoms with Gasteiger partial charge in [-0.3, -0.25) is 0 Å². The van der Waals surface area contributed by atoms with Gasteiger partial charge in [0.2, 0.25) is 0 Å². The minimum Gasteiger partial charge on any atom is -0.208 e. The van der Waals surface area contributed by atoms with Crippen LogP contribution in [0.25, 0.3) is 78.3 Å². The van der Waals surface area contributed by atoms with Crippen molar-refractivity contribution >= 4 is 10.8 Å². The van der Waals surface area contributed by atoms with Gasteiger partial charge in [-0.05, 0) is 73.5 Å². The van der Waals surface area contributed by atoms with Gasteiger partial charge < -0.3 is 0 Å². The number of aromatic nitrogens is 3. The number of fused-ring (bicyclic) bond motifs is 5. The lowest BCUT2D eigenvalue weighted by molar-refractivity contribution is 0.666. The van der Waals surface area contributed by atoms with E-state index in [1.807, 2.05) is 60.7 Å². The average molecular weight is 628 g/mol. The van der Waals surface area contributed by atoms with Gasteiger partial charge in [-0.1, -0.05) is 159 Å². The van der Waals surface area contributed by atoms with Gasteiger partial charge in [0, 0.05) is 22.1 Å². The van der Waals surface area contributed by atoms with Crippen LogP contribution in [-0.2, 0) is 5.41 Å². The second-order valence-corrected chi connectivity index (χ2v) is 13.3. The molecule has 1 aliphatic rings. The molecule has 0 saturated heterocycles. The molecule has 0 aliphatic heterocycles. The number of hydrogen-bond acceptors (Lipinski definition) is 3. The Morgan fingerprint density at radius 3 is 1.55 bits per heavy atom. The summed E-state index contributed by atoms with van der Waals surface area (Å²) >= 11 is 0. The standard InChI is InChI=1S/C46H33N3/c1-46(2)40-26-12-11-25-38(40)41-39(29-35-19-9-10-24-37(35)42(41)46)34-22-13-20-32(27-34)33-21-14-23-36(28-33)45-48-43(30-15-5-3-6-16-30)47-44(49-45)31-17-7-4-8-18-31/h3-29H,1-2H3. The fourth-order valence-corrected chi connectivity index (χ4v) is 7.53. The predicted molar refractivity (Wildman–Crippen MR) is 202 cm³/mol. The van der Waals surface area contributed by atoms with Gasteiger partial charge in [0.15, 0.2) is 17.5 Å². The fourth-order valence-electron chi connectivity index (χ4n) is 7.53. The Labute approximate surface area is 286 Å². The maximum Gasteiger partial charge on any atom is 0.164 e. The summed E-state index contributed by atoms with van der Waals surface area (Å²) in [4.78, 5) is 14.8. The topological polar surface area (TPSA) is 38.7 Å². The molecular formula is C46H33N3. The summed E-state index contributed by atoms with van der Waals surface area (Å²) < 4.78 is 0. The van der Waals surface area contributed by atoms with Crippen molar-refractivity contribution < 1.29 is 0 Å². The smallest absolute Gasteiger partial charge is 0.164 e. The molecule has 0 unspecified atom stereocenters. The molecule has 1 aliphatic carbocycles. The van der Waals surface area contributed by atoms with Crippen LogP contribution in [-0.4, -0.2) is 15.0 Å². The van der Waals surface area contributed by atoms with E-state index in [1.165, 1.54) is 44.2 Å². The van der Waals surface area contributed by atoms with E-state index in [4.69, 9.17) is 15.0 Å². The average Bonchev–Trinajstić information content (AvgIpc) is 3.42. The van der Waals surface area contributed by atoms with Gasteiger partial charge in [-0.2, -0.15) is 0 Å². The minimum absolute atomic E-state index is 0.102. The van der Waals surface area contributed by atoms with Gasteiger partial charge in [0.25, 0.3) is 0 Å². The summed E-state index contributed by atoms with van der Waals surface area (Å²) in [5, 5.41) is 2.59. The van der Waals surface area contributed by atoms with Gasteiger partial charge >= 0.3 is 0 Å². The van der Waals surface area contributed by atoms with Crippen LogP contribution >= 0.6 is 0 Å². The molecule has 0 spiro atoms. The Morgan fingerprint density at radius 2 is 0.878 bits per heavy atom. The molecule has 7 aromatic carbocycles. The molecule has 0 fully saturated rings. The van der Waals surface area contributed by atoms with Crippen LogP contribution in [0.3, 0.4) is 0 Å². The van der Waals surface area contributed by atoms with Crippen LogP contribution in [0.5, 0.6) is 0 Å². The SMILES string of the molecule is CC1(C)c2ccccc2-c2c(-c3cccc(-c4cccc(-c5nc(-c6ccccc6)nc(-c6ccccc6)n5)c4)c3)cc3ccccc3c21. The third kappa shape index (κ3) is 4.94. The monoisotopic (exact) mass is 627 g/mol. The van der Waals surface area contributed by atoms with E-state index >= 15 is 0 Å². The molecule has 0 bridgehead atoms. The first-order valence-corrected chi connectivity index (χ1v) is 16.8. The molecule has 49 heavy (non-hydrogen) atoms. The van der Waals surface area contributed by atoms with Crippen molar-refractivity contribution in [1.82, 2.24) is 15.0 Å². The van der Waals surface area contributed by atoms with E-state index in [9.17, 15) is 0 Å². The zero-order valence-corrected chi connectivity index (χ0v) is 27.4. The van der Waals surface area contributed by atoms with E-state index in [0.717, 1.165) is 27.8 Å². The number of nitrogens with zero attached hydrogens (tertiary/aromatic N) is 3. The molecule has 232 valence electrons. The maximum atomic E-state index is 4.98. The lowest BCUT2D eigenvalue weighted by Crippen LogP contribution is -2.15. The second-order valence-electron chi connectivity index (χ2n) is 13.3. The zero-order chi connectivity index (χ0) is 33.0. The summed E-state index contributed by atoms with van der Waals surface area (Å²) in [7, 11) is 0. The predicted octanol–water partition coefficient (Wildman–Crippen LogP) is 11.7. The Morgan fingerprint density at radius 1 is 0.388 bits per heavy atom. The Bertz CT molecular complexity index is 2460. The first-order chi connectivity index (χ1) is 24.0. The van der Waals surface area contributed by atoms with Crippen molar-refractivity contribution in [3.05, 3.63) is 175 Å². The largest absolute Gasteiger partial charge is 0.208 e. The fraction of sp³-hybridized carbons (Fsp3) is 0.0652. The zero-order valence-electron chi connectivity index (χ0n) is 27.4. The van der Waals surface area contributed by atoms with Gasteiger partial charge in [-0.15, -0.1) is 0 Å². The molecular weight excluding hydrogens is 595 g/mol. The highest BCUT2D eigenvalue weighted by molar-refractivity contribution is 6.05. The summed E-state index contributed by atoms with van der Waals surface area (Å²) in [5.74, 6) is 1.97. The van der Waals surface area contributed by atoms with Crippen LogP contribution < -0.4 is 0 Å². The number of benzene rings is 7. The van der Waals surface area contributed by atoms with E-state index in [0.29, 0.717) is 17.5 Å². The van der Waals surface area contributed by atoms with E-state index < -0.39 is 0 Å². The maximum absolute atomic E-state index is 4.98. The molecule has 0 radical (unpaired) electrons. The molecule has 8 aromatic rings. The summed E-state index contributed by atoms with van der Waals surface area (Å²) in [5.41, 5.74) is 13.0. The molecule has 3 nitrogen and oxygen atoms in total. The van der Waals surface area contributed by atoms with E-state index in [2.05, 4.69) is 117 Å². The Balaban J connectivity index is 1.18. The summed E-state index contributed by atoms with van der Waals surface area (Å²) in [6, 6.07) is 57.8. The van der Waals surface area contributed by atoms with Gasteiger partial charge in [-0.25, -0.2) is 15.0 Å². The number of rotatable bonds is 5. The van der Waals surface area contributed by atoms with E-state index in [-0.39, 0.29) is 5.41 Å². The highest BCUT2D eigenvalue weighted by Gasteiger charge is 2.38. The van der Waals surface area contributed by atoms with E-state index in [1.54, 1.807) is 0 Å². The van der Waals surface area contributed by atoms with Crippen molar-refractivity contribution in [3.63, 3.8) is 0 Å². The number of hydrogen-bond donors (Lipinski definition) is 0. The van der Waals surface area contributed by atoms with Crippen molar-refractivity contribution in [1.29, 1.82) is 0 Å². The molecule has 0 atom stereocenters. The third-order valence-electron chi connectivity index (χ3n) is 9.87. The van der Waals surface area contributed by atoms with Crippen LogP contribution in [0.4, 0.5) is 0 Å². The van der Waals surface area contributed by atoms with Gasteiger partial charge in [0.05, 0.1) is 0 Å². The van der Waals surface area contributed by atoms with Crippen LogP contribution in [0.2, 0.25) is 0 Å². The summed E-state index contributed by atoms with van der Waals surface area (Å²) in [6.07, 6.45) is 0. The van der Waals surface area contributed by atoms with Crippen molar-refractivity contribution in [2.24, 2.45) is 0 Å². The first kappa shape index (κ1) is 29.0. The van der Waals surface area contributed by atoms with Crippen LogP contribution in [0.1, 0.15) is 25.0 Å². The lowest BCUT2D eigenvalue weighted by atomic mass is 9.79. The highest BCUT2D eigenvalue weighted by atomic mass is 15.0. The van der Waals surface area contributed by atoms with Crippen LogP contribution in [0, 0.1) is 0 Å². The minimum atomic E-state index is -0.102. The van der Waals surface area contributed by atoms with Crippen molar-refractivity contribution in [2.75, 3.05) is 0 Å². The Hall–Kier alpha value is -6.19. The molecule has 0 N–H and O–H groups in total. The summed E-state index contributed by atoms with van der Waals surface area (Å²) in [6.45, 7) is 4.73. The van der Waals surface area contributed by atoms with Crippen molar-refractivity contribution in [3.8, 4) is 67.5 Å². The van der Waals surface area contributed by atoms with Gasteiger partial charge in [0.1, 0.15) is 0 Å². The molecule has 0 saturated carbocycles. The third-order valence-corrected chi connectivity index (χ3v) is 9.87. The normalized spacial score (nSPS) is 12.9. The van der Waals surface area contributed by atoms with Crippen molar-refractivity contribution in [2.45, 2.75) is 19.3 Å². The molecule has 1 heterocycles. The lowest BCUT2D eigenvalue weighted by Gasteiger charge is -2.24.